The van der Waals surface area contributed by atoms with Crippen molar-refractivity contribution in [3.8, 4) is 0 Å². The Balaban J connectivity index is 1.20. The van der Waals surface area contributed by atoms with Gasteiger partial charge in [0.2, 0.25) is 0 Å². The number of anilines is 6. The van der Waals surface area contributed by atoms with Gasteiger partial charge in [0.05, 0.1) is 22.7 Å². The summed E-state index contributed by atoms with van der Waals surface area (Å²) in [4.78, 5) is 18.9. The van der Waals surface area contributed by atoms with Crippen molar-refractivity contribution in [1.82, 2.24) is 0 Å². The number of hydrogen-bond acceptors (Lipinski definition) is 4. The average molecular weight is 627 g/mol. The number of fused-ring (bicyclic) bond motifs is 6. The van der Waals surface area contributed by atoms with Crippen molar-refractivity contribution < 1.29 is 0 Å². The quantitative estimate of drug-likeness (QED) is 0.178. The number of nitrogens with zero attached hydrogens (tertiary/aromatic N) is 2. The highest BCUT2D eigenvalue weighted by atomic mass is 32.1. The van der Waals surface area contributed by atoms with Crippen LogP contribution in [-0.2, 0) is 10.8 Å². The molecule has 6 aromatic carbocycles. The summed E-state index contributed by atoms with van der Waals surface area (Å²) in [6, 6.07) is 47.4. The molecule has 0 N–H and O–H groups in total. The van der Waals surface area contributed by atoms with Gasteiger partial charge in [-0.25, -0.2) is 0 Å². The predicted molar refractivity (Wildman–Crippen MR) is 199 cm³/mol. The molecule has 0 saturated heterocycles. The Morgan fingerprint density at radius 2 is 0.851 bits per heavy atom. The van der Waals surface area contributed by atoms with Crippen molar-refractivity contribution in [3.05, 3.63) is 166 Å². The first-order valence-electron chi connectivity index (χ1n) is 16.2. The van der Waals surface area contributed by atoms with Gasteiger partial charge in [-0.3, -0.25) is 4.79 Å². The molecule has 3 heterocycles. The fourth-order valence-electron chi connectivity index (χ4n) is 8.00. The molecule has 3 nitrogen and oxygen atoms in total. The number of hydrogen-bond donors (Lipinski definition) is 0. The third-order valence-corrected chi connectivity index (χ3v) is 11.6. The van der Waals surface area contributed by atoms with Crippen molar-refractivity contribution in [2.24, 2.45) is 0 Å². The zero-order valence-electron chi connectivity index (χ0n) is 26.9. The molecule has 2 aliphatic rings. The second-order valence-electron chi connectivity index (χ2n) is 13.8. The normalized spacial score (nSPS) is 15.6. The average Bonchev–Trinajstić information content (AvgIpc) is 3.09. The highest BCUT2D eigenvalue weighted by Gasteiger charge is 2.38. The molecule has 7 aromatic rings. The van der Waals surface area contributed by atoms with E-state index < -0.39 is 0 Å². The third kappa shape index (κ3) is 3.95. The van der Waals surface area contributed by atoms with Crippen LogP contribution in [0, 0.1) is 0 Å². The Labute approximate surface area is 279 Å². The van der Waals surface area contributed by atoms with E-state index in [4.69, 9.17) is 0 Å². The third-order valence-electron chi connectivity index (χ3n) is 10.4. The van der Waals surface area contributed by atoms with Crippen LogP contribution in [0.2, 0.25) is 0 Å². The molecule has 9 rings (SSSR count). The van der Waals surface area contributed by atoms with Gasteiger partial charge in [-0.2, -0.15) is 0 Å². The summed E-state index contributed by atoms with van der Waals surface area (Å²) in [5, 5.41) is 1.51. The summed E-state index contributed by atoms with van der Waals surface area (Å²) in [7, 11) is 0. The van der Waals surface area contributed by atoms with Gasteiger partial charge < -0.3 is 9.80 Å². The van der Waals surface area contributed by atoms with Crippen LogP contribution in [0.5, 0.6) is 0 Å². The zero-order valence-corrected chi connectivity index (χ0v) is 27.7. The summed E-state index contributed by atoms with van der Waals surface area (Å²) >= 11 is 1.69. The van der Waals surface area contributed by atoms with Gasteiger partial charge in [0.25, 0.3) is 0 Å². The van der Waals surface area contributed by atoms with Crippen LogP contribution < -0.4 is 15.2 Å². The van der Waals surface area contributed by atoms with E-state index in [-0.39, 0.29) is 16.3 Å². The minimum atomic E-state index is -0.134. The van der Waals surface area contributed by atoms with Gasteiger partial charge in [-0.05, 0) is 82.9 Å². The van der Waals surface area contributed by atoms with Gasteiger partial charge in [0, 0.05) is 42.4 Å². The molecule has 228 valence electrons. The fraction of sp³-hybridized carbons (Fsp3) is 0.140. The van der Waals surface area contributed by atoms with Crippen LogP contribution in [0.25, 0.3) is 20.2 Å². The van der Waals surface area contributed by atoms with Crippen LogP contribution in [0.1, 0.15) is 49.9 Å². The Hall–Kier alpha value is -5.19. The first-order valence-corrected chi connectivity index (χ1v) is 17.1. The fourth-order valence-corrected chi connectivity index (χ4v) is 9.09. The van der Waals surface area contributed by atoms with E-state index in [0.717, 1.165) is 42.9 Å². The molecule has 0 amide bonds. The second kappa shape index (κ2) is 9.90. The molecule has 0 bridgehead atoms. The van der Waals surface area contributed by atoms with Crippen molar-refractivity contribution in [2.75, 3.05) is 9.80 Å². The first-order chi connectivity index (χ1) is 22.7. The molecule has 47 heavy (non-hydrogen) atoms. The van der Waals surface area contributed by atoms with Crippen LogP contribution in [0.3, 0.4) is 0 Å². The van der Waals surface area contributed by atoms with Crippen molar-refractivity contribution in [3.63, 3.8) is 0 Å². The monoisotopic (exact) mass is 626 g/mol. The van der Waals surface area contributed by atoms with Crippen LogP contribution in [-0.4, -0.2) is 0 Å². The van der Waals surface area contributed by atoms with E-state index in [1.54, 1.807) is 11.3 Å². The summed E-state index contributed by atoms with van der Waals surface area (Å²) in [5.74, 6) is 0. The molecule has 0 unspecified atom stereocenters. The summed E-state index contributed by atoms with van der Waals surface area (Å²) in [6.07, 6.45) is 0. The van der Waals surface area contributed by atoms with Gasteiger partial charge in [-0.1, -0.05) is 100 Å². The highest BCUT2D eigenvalue weighted by molar-refractivity contribution is 7.24. The molecule has 1 aromatic heterocycles. The number of para-hydroxylation sites is 4. The van der Waals surface area contributed by atoms with E-state index in [9.17, 15) is 4.79 Å². The first kappa shape index (κ1) is 28.1. The van der Waals surface area contributed by atoms with Crippen LogP contribution >= 0.6 is 11.3 Å². The maximum Gasteiger partial charge on any atom is 0.195 e. The van der Waals surface area contributed by atoms with Crippen LogP contribution in [0.4, 0.5) is 34.1 Å². The van der Waals surface area contributed by atoms with Crippen molar-refractivity contribution >= 4 is 65.6 Å². The highest BCUT2D eigenvalue weighted by Crippen LogP contribution is 2.53. The Kier molecular flexibility index (Phi) is 5.91. The molecule has 2 aliphatic heterocycles. The van der Waals surface area contributed by atoms with Gasteiger partial charge in [0.15, 0.2) is 5.43 Å². The molecular weight excluding hydrogens is 593 g/mol. The van der Waals surface area contributed by atoms with E-state index >= 15 is 0 Å². The Morgan fingerprint density at radius 3 is 1.32 bits per heavy atom. The lowest BCUT2D eigenvalue weighted by molar-refractivity contribution is 0.632. The lowest BCUT2D eigenvalue weighted by Gasteiger charge is -2.42. The topological polar surface area (TPSA) is 23.6 Å². The summed E-state index contributed by atoms with van der Waals surface area (Å²) in [6.45, 7) is 9.19. The molecule has 0 radical (unpaired) electrons. The van der Waals surface area contributed by atoms with Crippen molar-refractivity contribution in [1.29, 1.82) is 0 Å². The molecule has 0 saturated carbocycles. The SMILES string of the molecule is CC1(C)c2ccccc2N(c2ccc3c(=O)c4cc(N5c6ccccc6C(C)(C)c6ccccc65)ccc4sc3c2)c2ccccc21. The van der Waals surface area contributed by atoms with Gasteiger partial charge >= 0.3 is 0 Å². The van der Waals surface area contributed by atoms with E-state index in [0.29, 0.717) is 0 Å². The molecular formula is C43H34N2OS. The predicted octanol–water partition coefficient (Wildman–Crippen LogP) is 11.6. The lowest BCUT2D eigenvalue weighted by Crippen LogP contribution is -2.30. The van der Waals surface area contributed by atoms with Crippen molar-refractivity contribution in [2.45, 2.75) is 38.5 Å². The Morgan fingerprint density at radius 1 is 0.447 bits per heavy atom. The standard InChI is InChI=1S/C43H34N2OS/c1-42(2)31-13-5-9-17-35(31)44(36-18-10-6-14-32(36)42)27-22-24-39-30(25-27)41(46)29-23-21-28(26-40(29)47-39)45-37-19-11-7-15-33(37)43(3,4)34-16-8-12-20-38(34)45/h5-26H,1-4H3. The summed E-state index contributed by atoms with van der Waals surface area (Å²) < 4.78 is 1.98. The smallest absolute Gasteiger partial charge is 0.195 e. The minimum Gasteiger partial charge on any atom is -0.310 e. The van der Waals surface area contributed by atoms with E-state index in [2.05, 4.69) is 165 Å². The molecule has 0 spiro atoms. The lowest BCUT2D eigenvalue weighted by atomic mass is 9.73. The summed E-state index contributed by atoms with van der Waals surface area (Å²) in [5.41, 5.74) is 11.7. The molecule has 4 heteroatoms. The number of rotatable bonds is 2. The number of benzene rings is 6. The second-order valence-corrected chi connectivity index (χ2v) is 14.9. The van der Waals surface area contributed by atoms with Gasteiger partial charge in [-0.15, -0.1) is 11.3 Å². The maximum atomic E-state index is 14.3. The van der Waals surface area contributed by atoms with E-state index in [1.807, 2.05) is 6.07 Å². The maximum absolute atomic E-state index is 14.3. The largest absolute Gasteiger partial charge is 0.310 e. The van der Waals surface area contributed by atoms with E-state index in [1.165, 1.54) is 33.6 Å². The van der Waals surface area contributed by atoms with Gasteiger partial charge in [0.1, 0.15) is 0 Å². The molecule has 0 aliphatic carbocycles. The Bertz CT molecular complexity index is 2370. The van der Waals surface area contributed by atoms with Crippen LogP contribution in [0.15, 0.2) is 138 Å². The molecule has 0 fully saturated rings. The zero-order chi connectivity index (χ0) is 32.1. The molecule has 0 atom stereocenters. The minimum absolute atomic E-state index is 0.0710.